The molecule has 2 aromatic rings. The van der Waals surface area contributed by atoms with Gasteiger partial charge in [0.2, 0.25) is 0 Å². The van der Waals surface area contributed by atoms with Crippen molar-refractivity contribution in [2.45, 2.75) is 26.3 Å². The van der Waals surface area contributed by atoms with Crippen LogP contribution in [0, 0.1) is 5.92 Å². The molecular formula is C20H22BrClN2O. The smallest absolute Gasteiger partial charge is 0.255 e. The second-order valence-corrected chi connectivity index (χ2v) is 8.02. The predicted molar refractivity (Wildman–Crippen MR) is 107 cm³/mol. The van der Waals surface area contributed by atoms with Gasteiger partial charge in [0.1, 0.15) is 0 Å². The highest BCUT2D eigenvalue weighted by Crippen LogP contribution is 2.26. The molecule has 0 radical (unpaired) electrons. The number of nitrogens with one attached hydrogen (secondary N) is 1. The maximum atomic E-state index is 12.4. The molecule has 1 heterocycles. The molecule has 1 aliphatic rings. The second kappa shape index (κ2) is 8.35. The molecule has 3 nitrogen and oxygen atoms in total. The van der Waals surface area contributed by atoms with Gasteiger partial charge in [-0.15, -0.1) is 0 Å². The molecule has 1 saturated heterocycles. The molecule has 0 spiro atoms. The summed E-state index contributed by atoms with van der Waals surface area (Å²) in [6, 6.07) is 13.2. The molecule has 132 valence electrons. The highest BCUT2D eigenvalue weighted by molar-refractivity contribution is 9.10. The Morgan fingerprint density at radius 1 is 1.28 bits per heavy atom. The quantitative estimate of drug-likeness (QED) is 0.698. The summed E-state index contributed by atoms with van der Waals surface area (Å²) in [5.41, 5.74) is 2.58. The number of piperidine rings is 1. The summed E-state index contributed by atoms with van der Waals surface area (Å²) < 4.78 is 0.809. The summed E-state index contributed by atoms with van der Waals surface area (Å²) in [6.07, 6.45) is 2.60. The Labute approximate surface area is 162 Å². The summed E-state index contributed by atoms with van der Waals surface area (Å²) in [7, 11) is 0. The zero-order chi connectivity index (χ0) is 17.8. The fourth-order valence-corrected chi connectivity index (χ4v) is 3.65. The number of anilines is 1. The number of carbonyl (C=O) groups is 1. The summed E-state index contributed by atoms with van der Waals surface area (Å²) in [5.74, 6) is 0.646. The van der Waals surface area contributed by atoms with Crippen LogP contribution in [0.1, 0.15) is 35.7 Å². The fraction of sp³-hybridized carbons (Fsp3) is 0.350. The first-order chi connectivity index (χ1) is 12.0. The number of hydrogen-bond donors (Lipinski definition) is 1. The predicted octanol–water partition coefficient (Wildman–Crippen LogP) is 5.59. The van der Waals surface area contributed by atoms with Crippen LogP contribution < -0.4 is 5.32 Å². The van der Waals surface area contributed by atoms with E-state index in [1.165, 1.54) is 18.4 Å². The van der Waals surface area contributed by atoms with Crippen molar-refractivity contribution in [1.29, 1.82) is 0 Å². The Kier molecular flexibility index (Phi) is 6.15. The molecule has 0 aromatic heterocycles. The van der Waals surface area contributed by atoms with Crippen LogP contribution >= 0.6 is 27.5 Å². The average Bonchev–Trinajstić information content (AvgIpc) is 2.59. The zero-order valence-corrected chi connectivity index (χ0v) is 16.6. The normalized spacial score (nSPS) is 18.1. The van der Waals surface area contributed by atoms with Crippen LogP contribution in [0.2, 0.25) is 5.02 Å². The Balaban J connectivity index is 1.61. The van der Waals surface area contributed by atoms with Crippen molar-refractivity contribution >= 4 is 39.1 Å². The van der Waals surface area contributed by atoms with E-state index in [1.54, 1.807) is 6.07 Å². The van der Waals surface area contributed by atoms with Crippen LogP contribution in [-0.4, -0.2) is 23.9 Å². The number of rotatable bonds is 4. The molecule has 3 rings (SSSR count). The highest BCUT2D eigenvalue weighted by atomic mass is 79.9. The van der Waals surface area contributed by atoms with E-state index in [9.17, 15) is 4.79 Å². The van der Waals surface area contributed by atoms with E-state index >= 15 is 0 Å². The van der Waals surface area contributed by atoms with E-state index in [0.29, 0.717) is 16.3 Å². The molecule has 0 saturated carbocycles. The summed E-state index contributed by atoms with van der Waals surface area (Å²) in [6.45, 7) is 5.59. The van der Waals surface area contributed by atoms with Crippen molar-refractivity contribution in [3.63, 3.8) is 0 Å². The molecule has 0 unspecified atom stereocenters. The van der Waals surface area contributed by atoms with E-state index in [-0.39, 0.29) is 5.91 Å². The molecule has 25 heavy (non-hydrogen) atoms. The van der Waals surface area contributed by atoms with E-state index < -0.39 is 0 Å². The standard InChI is InChI=1S/C20H22BrClN2O/c1-14-3-2-10-24(12-14)13-15-4-6-16(7-5-15)20(25)23-17-8-9-18(21)19(22)11-17/h4-9,11,14H,2-3,10,12-13H2,1H3,(H,23,25)/t14-/m0/s1. The highest BCUT2D eigenvalue weighted by Gasteiger charge is 2.16. The lowest BCUT2D eigenvalue weighted by Crippen LogP contribution is -2.33. The minimum Gasteiger partial charge on any atom is -0.322 e. The third-order valence-electron chi connectivity index (χ3n) is 4.54. The molecule has 1 fully saturated rings. The monoisotopic (exact) mass is 420 g/mol. The minimum atomic E-state index is -0.128. The fourth-order valence-electron chi connectivity index (χ4n) is 3.23. The van der Waals surface area contributed by atoms with Gasteiger partial charge in [0.05, 0.1) is 5.02 Å². The van der Waals surface area contributed by atoms with E-state index in [4.69, 9.17) is 11.6 Å². The first-order valence-corrected chi connectivity index (χ1v) is 9.76. The molecule has 5 heteroatoms. The number of halogens is 2. The van der Waals surface area contributed by atoms with Crippen LogP contribution in [-0.2, 0) is 6.54 Å². The molecule has 0 bridgehead atoms. The van der Waals surface area contributed by atoms with Gasteiger partial charge >= 0.3 is 0 Å². The SMILES string of the molecule is C[C@H]1CCCN(Cc2ccc(C(=O)Nc3ccc(Br)c(Cl)c3)cc2)C1. The van der Waals surface area contributed by atoms with E-state index in [0.717, 1.165) is 30.0 Å². The van der Waals surface area contributed by atoms with Crippen molar-refractivity contribution in [3.05, 3.63) is 63.1 Å². The molecule has 1 aliphatic heterocycles. The first kappa shape index (κ1) is 18.4. The lowest BCUT2D eigenvalue weighted by Gasteiger charge is -2.30. The molecule has 1 atom stereocenters. The van der Waals surface area contributed by atoms with Crippen LogP contribution in [0.4, 0.5) is 5.69 Å². The Morgan fingerprint density at radius 2 is 2.04 bits per heavy atom. The maximum absolute atomic E-state index is 12.4. The lowest BCUT2D eigenvalue weighted by molar-refractivity contribution is 0.102. The second-order valence-electron chi connectivity index (χ2n) is 6.76. The zero-order valence-electron chi connectivity index (χ0n) is 14.3. The number of hydrogen-bond acceptors (Lipinski definition) is 2. The summed E-state index contributed by atoms with van der Waals surface area (Å²) in [5, 5.41) is 3.45. The van der Waals surface area contributed by atoms with Gasteiger partial charge in [-0.2, -0.15) is 0 Å². The van der Waals surface area contributed by atoms with Crippen molar-refractivity contribution < 1.29 is 4.79 Å². The van der Waals surface area contributed by atoms with Gasteiger partial charge in [0, 0.05) is 28.8 Å². The Hall–Kier alpha value is -1.36. The third-order valence-corrected chi connectivity index (χ3v) is 5.77. The summed E-state index contributed by atoms with van der Waals surface area (Å²) >= 11 is 9.41. The van der Waals surface area contributed by atoms with Gasteiger partial charge < -0.3 is 5.32 Å². The van der Waals surface area contributed by atoms with Crippen LogP contribution in [0.25, 0.3) is 0 Å². The topological polar surface area (TPSA) is 32.3 Å². The molecule has 1 N–H and O–H groups in total. The molecular weight excluding hydrogens is 400 g/mol. The number of benzene rings is 2. The van der Waals surface area contributed by atoms with Crippen LogP contribution in [0.3, 0.4) is 0 Å². The van der Waals surface area contributed by atoms with E-state index in [1.807, 2.05) is 36.4 Å². The Morgan fingerprint density at radius 3 is 2.72 bits per heavy atom. The van der Waals surface area contributed by atoms with Crippen molar-refractivity contribution in [2.24, 2.45) is 5.92 Å². The average molecular weight is 422 g/mol. The minimum absolute atomic E-state index is 0.128. The lowest BCUT2D eigenvalue weighted by atomic mass is 9.99. The number of nitrogens with zero attached hydrogens (tertiary/aromatic N) is 1. The molecule has 0 aliphatic carbocycles. The Bertz CT molecular complexity index is 748. The largest absolute Gasteiger partial charge is 0.322 e. The van der Waals surface area contributed by atoms with Crippen LogP contribution in [0.5, 0.6) is 0 Å². The van der Waals surface area contributed by atoms with Crippen molar-refractivity contribution in [1.82, 2.24) is 4.90 Å². The van der Waals surface area contributed by atoms with Gasteiger partial charge in [0.15, 0.2) is 0 Å². The molecule has 2 aromatic carbocycles. The maximum Gasteiger partial charge on any atom is 0.255 e. The van der Waals surface area contributed by atoms with Gasteiger partial charge in [0.25, 0.3) is 5.91 Å². The first-order valence-electron chi connectivity index (χ1n) is 8.59. The number of amides is 1. The number of carbonyl (C=O) groups excluding carboxylic acids is 1. The van der Waals surface area contributed by atoms with E-state index in [2.05, 4.69) is 33.1 Å². The summed E-state index contributed by atoms with van der Waals surface area (Å²) in [4.78, 5) is 14.9. The van der Waals surface area contributed by atoms with Crippen LogP contribution in [0.15, 0.2) is 46.9 Å². The van der Waals surface area contributed by atoms with Crippen molar-refractivity contribution in [2.75, 3.05) is 18.4 Å². The van der Waals surface area contributed by atoms with Gasteiger partial charge in [-0.3, -0.25) is 9.69 Å². The van der Waals surface area contributed by atoms with Gasteiger partial charge in [-0.1, -0.05) is 30.7 Å². The van der Waals surface area contributed by atoms with Gasteiger partial charge in [-0.25, -0.2) is 0 Å². The number of likely N-dealkylation sites (tertiary alicyclic amines) is 1. The van der Waals surface area contributed by atoms with Gasteiger partial charge in [-0.05, 0) is 77.1 Å². The van der Waals surface area contributed by atoms with Crippen molar-refractivity contribution in [3.8, 4) is 0 Å². The third kappa shape index (κ3) is 5.06. The molecule has 1 amide bonds.